The van der Waals surface area contributed by atoms with E-state index in [0.29, 0.717) is 33.9 Å². The number of nitrogens with zero attached hydrogens (tertiary/aromatic N) is 3. The Kier molecular flexibility index (Phi) is 4.84. The Balaban J connectivity index is 2.05. The molecule has 0 aliphatic heterocycles. The van der Waals surface area contributed by atoms with E-state index in [2.05, 4.69) is 20.4 Å². The summed E-state index contributed by atoms with van der Waals surface area (Å²) in [7, 11) is 0. The van der Waals surface area contributed by atoms with Gasteiger partial charge in [0, 0.05) is 11.1 Å². The monoisotopic (exact) mass is 389 g/mol. The number of amides is 1. The maximum Gasteiger partial charge on any atom is 0.271 e. The summed E-state index contributed by atoms with van der Waals surface area (Å²) in [5.41, 5.74) is 1.85. The Bertz CT molecular complexity index is 1120. The molecular formula is C18H17ClFN5O2. The van der Waals surface area contributed by atoms with Crippen molar-refractivity contribution in [1.82, 2.24) is 19.7 Å². The summed E-state index contributed by atoms with van der Waals surface area (Å²) in [6.07, 6.45) is 0. The maximum atomic E-state index is 13.5. The van der Waals surface area contributed by atoms with Crippen LogP contribution in [0.15, 0.2) is 23.0 Å². The molecular weight excluding hydrogens is 373 g/mol. The first kappa shape index (κ1) is 18.8. The van der Waals surface area contributed by atoms with Gasteiger partial charge in [-0.2, -0.15) is 9.78 Å². The minimum absolute atomic E-state index is 0.00766. The van der Waals surface area contributed by atoms with Crippen molar-refractivity contribution in [1.29, 1.82) is 0 Å². The number of rotatable bonds is 3. The van der Waals surface area contributed by atoms with Crippen LogP contribution in [0, 0.1) is 33.5 Å². The number of anilines is 1. The highest BCUT2D eigenvalue weighted by molar-refractivity contribution is 6.30. The van der Waals surface area contributed by atoms with Crippen LogP contribution in [0.3, 0.4) is 0 Å². The Labute approximate surface area is 159 Å². The number of nitrogens with one attached hydrogen (secondary N) is 2. The van der Waals surface area contributed by atoms with Crippen LogP contribution in [0.4, 0.5) is 10.2 Å². The first-order chi connectivity index (χ1) is 12.7. The van der Waals surface area contributed by atoms with Crippen molar-refractivity contribution in [3.8, 4) is 5.95 Å². The van der Waals surface area contributed by atoms with Gasteiger partial charge in [-0.1, -0.05) is 11.6 Å². The second-order valence-electron chi connectivity index (χ2n) is 6.18. The van der Waals surface area contributed by atoms with E-state index >= 15 is 0 Å². The van der Waals surface area contributed by atoms with E-state index in [1.807, 2.05) is 0 Å². The summed E-state index contributed by atoms with van der Waals surface area (Å²) in [6, 6.07) is 4.09. The van der Waals surface area contributed by atoms with Crippen molar-refractivity contribution in [2.75, 3.05) is 5.32 Å². The van der Waals surface area contributed by atoms with Crippen LogP contribution in [-0.4, -0.2) is 25.7 Å². The minimum Gasteiger partial charge on any atom is -0.306 e. The lowest BCUT2D eigenvalue weighted by Gasteiger charge is -2.10. The fraction of sp³-hybridized carbons (Fsp3) is 0.222. The third-order valence-corrected chi connectivity index (χ3v) is 4.67. The average molecular weight is 390 g/mol. The third-order valence-electron chi connectivity index (χ3n) is 4.23. The van der Waals surface area contributed by atoms with Crippen LogP contribution >= 0.6 is 11.6 Å². The highest BCUT2D eigenvalue weighted by Gasteiger charge is 2.19. The second-order valence-corrected chi connectivity index (χ2v) is 6.56. The molecule has 0 saturated heterocycles. The Morgan fingerprint density at radius 3 is 2.56 bits per heavy atom. The van der Waals surface area contributed by atoms with Crippen LogP contribution in [-0.2, 0) is 0 Å². The van der Waals surface area contributed by atoms with E-state index in [9.17, 15) is 14.0 Å². The van der Waals surface area contributed by atoms with Gasteiger partial charge in [-0.3, -0.25) is 14.6 Å². The van der Waals surface area contributed by atoms with Gasteiger partial charge in [-0.15, -0.1) is 0 Å². The molecule has 0 spiro atoms. The quantitative estimate of drug-likeness (QED) is 0.719. The van der Waals surface area contributed by atoms with Gasteiger partial charge >= 0.3 is 0 Å². The predicted octanol–water partition coefficient (Wildman–Crippen LogP) is 3.23. The summed E-state index contributed by atoms with van der Waals surface area (Å²) in [4.78, 5) is 31.4. The van der Waals surface area contributed by atoms with Crippen LogP contribution in [0.25, 0.3) is 5.95 Å². The number of H-pyrrole nitrogens is 1. The minimum atomic E-state index is -0.503. The van der Waals surface area contributed by atoms with Crippen LogP contribution in [0.2, 0.25) is 5.02 Å². The standard InChI is InChI=1S/C18H17ClFN5O2/c1-8-7-12(5-6-13(8)20)16(26)22-15-9(2)10(3)24-25(15)18-21-11(4)14(19)17(27)23-18/h5-7H,1-4H3,(H,22,26)(H,21,23,27). The summed E-state index contributed by atoms with van der Waals surface area (Å²) >= 11 is 5.87. The van der Waals surface area contributed by atoms with Crippen molar-refractivity contribution in [2.45, 2.75) is 27.7 Å². The second kappa shape index (κ2) is 6.96. The average Bonchev–Trinajstić information content (AvgIpc) is 2.90. The van der Waals surface area contributed by atoms with E-state index in [1.54, 1.807) is 27.7 Å². The Hall–Kier alpha value is -3.00. The molecule has 0 atom stereocenters. The number of hydrogen-bond acceptors (Lipinski definition) is 4. The molecule has 2 aromatic heterocycles. The van der Waals surface area contributed by atoms with E-state index in [4.69, 9.17) is 11.6 Å². The van der Waals surface area contributed by atoms with E-state index in [0.717, 1.165) is 0 Å². The normalized spacial score (nSPS) is 10.9. The fourth-order valence-electron chi connectivity index (χ4n) is 2.53. The number of benzene rings is 1. The molecule has 27 heavy (non-hydrogen) atoms. The number of carbonyl (C=O) groups excluding carboxylic acids is 1. The highest BCUT2D eigenvalue weighted by Crippen LogP contribution is 2.22. The fourth-order valence-corrected chi connectivity index (χ4v) is 2.62. The van der Waals surface area contributed by atoms with Gasteiger partial charge in [-0.25, -0.2) is 9.37 Å². The molecule has 0 fully saturated rings. The van der Waals surface area contributed by atoms with Crippen LogP contribution in [0.5, 0.6) is 0 Å². The van der Waals surface area contributed by atoms with Gasteiger partial charge in [0.1, 0.15) is 16.7 Å². The van der Waals surface area contributed by atoms with Crippen molar-refractivity contribution in [3.63, 3.8) is 0 Å². The van der Waals surface area contributed by atoms with Crippen molar-refractivity contribution in [3.05, 3.63) is 67.5 Å². The van der Waals surface area contributed by atoms with Gasteiger partial charge in [0.25, 0.3) is 11.5 Å². The molecule has 3 rings (SSSR count). The van der Waals surface area contributed by atoms with Gasteiger partial charge < -0.3 is 5.32 Å². The van der Waals surface area contributed by atoms with Crippen molar-refractivity contribution >= 4 is 23.3 Å². The Morgan fingerprint density at radius 2 is 1.93 bits per heavy atom. The van der Waals surface area contributed by atoms with E-state index < -0.39 is 11.5 Å². The molecule has 0 aliphatic carbocycles. The van der Waals surface area contributed by atoms with Crippen LogP contribution < -0.4 is 10.9 Å². The zero-order valence-electron chi connectivity index (χ0n) is 15.1. The first-order valence-corrected chi connectivity index (χ1v) is 8.47. The molecule has 2 N–H and O–H groups in total. The molecule has 0 saturated carbocycles. The lowest BCUT2D eigenvalue weighted by molar-refractivity contribution is 0.102. The molecule has 0 bridgehead atoms. The van der Waals surface area contributed by atoms with Crippen LogP contribution in [0.1, 0.15) is 32.9 Å². The van der Waals surface area contributed by atoms with E-state index in [-0.39, 0.29) is 16.8 Å². The highest BCUT2D eigenvalue weighted by atomic mass is 35.5. The van der Waals surface area contributed by atoms with Crippen molar-refractivity contribution < 1.29 is 9.18 Å². The molecule has 9 heteroatoms. The summed E-state index contributed by atoms with van der Waals surface area (Å²) < 4.78 is 14.8. The number of carbonyl (C=O) groups is 1. The molecule has 2 heterocycles. The third kappa shape index (κ3) is 3.48. The number of hydrogen-bond donors (Lipinski definition) is 2. The molecule has 0 unspecified atom stereocenters. The number of aryl methyl sites for hydroxylation is 3. The smallest absolute Gasteiger partial charge is 0.271 e. The molecule has 1 aromatic carbocycles. The molecule has 0 radical (unpaired) electrons. The number of aromatic amines is 1. The predicted molar refractivity (Wildman–Crippen MR) is 100 cm³/mol. The summed E-state index contributed by atoms with van der Waals surface area (Å²) in [5, 5.41) is 7.09. The molecule has 140 valence electrons. The Morgan fingerprint density at radius 1 is 1.22 bits per heavy atom. The molecule has 3 aromatic rings. The van der Waals surface area contributed by atoms with Gasteiger partial charge in [-0.05, 0) is 51.5 Å². The lowest BCUT2D eigenvalue weighted by atomic mass is 10.1. The number of halogens is 2. The first-order valence-electron chi connectivity index (χ1n) is 8.09. The summed E-state index contributed by atoms with van der Waals surface area (Å²) in [5.74, 6) is -0.342. The van der Waals surface area contributed by atoms with Gasteiger partial charge in [0.15, 0.2) is 0 Å². The lowest BCUT2D eigenvalue weighted by Crippen LogP contribution is -2.20. The number of aromatic nitrogens is 4. The molecule has 7 nitrogen and oxygen atoms in total. The SMILES string of the molecule is Cc1cc(C(=O)Nc2c(C)c(C)nn2-c2nc(C)c(Cl)c(=O)[nH]2)ccc1F. The molecule has 0 aliphatic rings. The summed E-state index contributed by atoms with van der Waals surface area (Å²) in [6.45, 7) is 6.73. The van der Waals surface area contributed by atoms with Crippen molar-refractivity contribution in [2.24, 2.45) is 0 Å². The van der Waals surface area contributed by atoms with Gasteiger partial charge in [0.2, 0.25) is 5.95 Å². The maximum absolute atomic E-state index is 13.5. The zero-order valence-corrected chi connectivity index (χ0v) is 15.9. The van der Waals surface area contributed by atoms with Gasteiger partial charge in [0.05, 0.1) is 11.4 Å². The zero-order chi connectivity index (χ0) is 19.9. The topological polar surface area (TPSA) is 92.7 Å². The van der Waals surface area contributed by atoms with E-state index in [1.165, 1.54) is 22.9 Å². The molecule has 1 amide bonds. The largest absolute Gasteiger partial charge is 0.306 e.